The molecule has 2 aromatic carbocycles. The minimum atomic E-state index is -3.41. The van der Waals surface area contributed by atoms with Gasteiger partial charge in [-0.1, -0.05) is 36.8 Å². The second-order valence-corrected chi connectivity index (χ2v) is 8.09. The van der Waals surface area contributed by atoms with Gasteiger partial charge in [0.2, 0.25) is 0 Å². The third kappa shape index (κ3) is 3.52. The Labute approximate surface area is 150 Å². The van der Waals surface area contributed by atoms with Gasteiger partial charge in [-0.2, -0.15) is 0 Å². The molecule has 0 bridgehead atoms. The quantitative estimate of drug-likeness (QED) is 0.707. The predicted molar refractivity (Wildman–Crippen MR) is 99.7 cm³/mol. The van der Waals surface area contributed by atoms with Crippen LogP contribution in [0.5, 0.6) is 0 Å². The van der Waals surface area contributed by atoms with Crippen LogP contribution in [-0.2, 0) is 9.84 Å². The van der Waals surface area contributed by atoms with E-state index in [4.69, 9.17) is 4.42 Å². The predicted octanol–water partition coefficient (Wildman–Crippen LogP) is 3.35. The SMILES string of the molecule is CCS(=O)(=O)c1ccc2oc(=O)c(C=C(O)c3ccc(C)cc3)nc2c1. The summed E-state index contributed by atoms with van der Waals surface area (Å²) in [6.45, 7) is 3.47. The average molecular weight is 371 g/mol. The lowest BCUT2D eigenvalue weighted by Crippen LogP contribution is -2.08. The van der Waals surface area contributed by atoms with E-state index < -0.39 is 15.5 Å². The van der Waals surface area contributed by atoms with E-state index in [9.17, 15) is 18.3 Å². The number of nitrogens with zero attached hydrogens (tertiary/aromatic N) is 1. The van der Waals surface area contributed by atoms with Crippen molar-refractivity contribution in [3.8, 4) is 0 Å². The summed E-state index contributed by atoms with van der Waals surface area (Å²) in [5.41, 5.74) is 1.14. The molecule has 0 aliphatic rings. The molecule has 1 heterocycles. The van der Waals surface area contributed by atoms with Crippen LogP contribution in [-0.4, -0.2) is 24.3 Å². The first-order valence-corrected chi connectivity index (χ1v) is 9.61. The highest BCUT2D eigenvalue weighted by molar-refractivity contribution is 7.91. The summed E-state index contributed by atoms with van der Waals surface area (Å²) in [5.74, 6) is -0.183. The molecule has 1 aromatic heterocycles. The minimum absolute atomic E-state index is 0.0454. The highest BCUT2D eigenvalue weighted by Crippen LogP contribution is 2.19. The normalized spacial score (nSPS) is 12.5. The van der Waals surface area contributed by atoms with Crippen LogP contribution in [0.3, 0.4) is 0 Å². The van der Waals surface area contributed by atoms with Crippen LogP contribution in [0.1, 0.15) is 23.7 Å². The molecule has 0 atom stereocenters. The number of aromatic nitrogens is 1. The number of rotatable bonds is 4. The number of aryl methyl sites for hydroxylation is 1. The lowest BCUT2D eigenvalue weighted by atomic mass is 10.1. The highest BCUT2D eigenvalue weighted by Gasteiger charge is 2.14. The van der Waals surface area contributed by atoms with Crippen molar-refractivity contribution in [2.45, 2.75) is 18.7 Å². The second kappa shape index (κ2) is 6.76. The van der Waals surface area contributed by atoms with Crippen molar-refractivity contribution >= 4 is 32.8 Å². The largest absolute Gasteiger partial charge is 0.507 e. The van der Waals surface area contributed by atoms with Crippen LogP contribution in [0.4, 0.5) is 0 Å². The number of aliphatic hydroxyl groups is 1. The molecular weight excluding hydrogens is 354 g/mol. The molecule has 0 aliphatic carbocycles. The number of fused-ring (bicyclic) bond motifs is 1. The van der Waals surface area contributed by atoms with E-state index in [1.54, 1.807) is 19.1 Å². The zero-order valence-electron chi connectivity index (χ0n) is 14.3. The van der Waals surface area contributed by atoms with Gasteiger partial charge < -0.3 is 9.52 Å². The first kappa shape index (κ1) is 17.9. The Morgan fingerprint density at radius 1 is 1.19 bits per heavy atom. The monoisotopic (exact) mass is 371 g/mol. The molecule has 3 aromatic rings. The summed E-state index contributed by atoms with van der Waals surface area (Å²) in [5, 5.41) is 10.2. The Morgan fingerprint density at radius 2 is 1.88 bits per heavy atom. The molecular formula is C19H17NO5S. The van der Waals surface area contributed by atoms with Gasteiger partial charge in [0, 0.05) is 11.6 Å². The molecule has 0 unspecified atom stereocenters. The minimum Gasteiger partial charge on any atom is -0.507 e. The smallest absolute Gasteiger partial charge is 0.362 e. The molecule has 0 aliphatic heterocycles. The number of hydrogen-bond donors (Lipinski definition) is 1. The van der Waals surface area contributed by atoms with Crippen molar-refractivity contribution in [2.24, 2.45) is 0 Å². The van der Waals surface area contributed by atoms with Crippen LogP contribution in [0.15, 0.2) is 56.6 Å². The number of benzene rings is 2. The van der Waals surface area contributed by atoms with Gasteiger partial charge >= 0.3 is 5.63 Å². The van der Waals surface area contributed by atoms with Gasteiger partial charge in [-0.05, 0) is 25.1 Å². The summed E-state index contributed by atoms with van der Waals surface area (Å²) in [4.78, 5) is 16.4. The Balaban J connectivity index is 2.11. The summed E-state index contributed by atoms with van der Waals surface area (Å²) >= 11 is 0. The van der Waals surface area contributed by atoms with Crippen molar-refractivity contribution < 1.29 is 17.9 Å². The molecule has 0 fully saturated rings. The number of aliphatic hydroxyl groups excluding tert-OH is 1. The third-order valence-electron chi connectivity index (χ3n) is 3.94. The van der Waals surface area contributed by atoms with Gasteiger partial charge in [0.25, 0.3) is 0 Å². The number of hydrogen-bond acceptors (Lipinski definition) is 6. The fourth-order valence-electron chi connectivity index (χ4n) is 2.39. The van der Waals surface area contributed by atoms with E-state index in [0.717, 1.165) is 5.56 Å². The Kier molecular flexibility index (Phi) is 4.65. The summed E-state index contributed by atoms with van der Waals surface area (Å²) in [7, 11) is -3.41. The lowest BCUT2D eigenvalue weighted by molar-refractivity contribution is 0.514. The second-order valence-electron chi connectivity index (χ2n) is 5.82. The van der Waals surface area contributed by atoms with E-state index in [2.05, 4.69) is 4.98 Å². The van der Waals surface area contributed by atoms with Crippen LogP contribution in [0.2, 0.25) is 0 Å². The van der Waals surface area contributed by atoms with E-state index in [-0.39, 0.29) is 33.2 Å². The summed E-state index contributed by atoms with van der Waals surface area (Å²) < 4.78 is 29.2. The van der Waals surface area contributed by atoms with Crippen LogP contribution in [0.25, 0.3) is 22.9 Å². The average Bonchev–Trinajstić information content (AvgIpc) is 2.62. The van der Waals surface area contributed by atoms with Gasteiger partial charge in [-0.25, -0.2) is 18.2 Å². The van der Waals surface area contributed by atoms with Crippen molar-refractivity contribution in [2.75, 3.05) is 5.75 Å². The topological polar surface area (TPSA) is 97.5 Å². The van der Waals surface area contributed by atoms with Gasteiger partial charge in [0.05, 0.1) is 10.6 Å². The van der Waals surface area contributed by atoms with E-state index >= 15 is 0 Å². The summed E-state index contributed by atoms with van der Waals surface area (Å²) in [6, 6.07) is 11.2. The van der Waals surface area contributed by atoms with Gasteiger partial charge in [0.15, 0.2) is 21.1 Å². The van der Waals surface area contributed by atoms with Gasteiger partial charge in [-0.3, -0.25) is 0 Å². The fourth-order valence-corrected chi connectivity index (χ4v) is 3.29. The lowest BCUT2D eigenvalue weighted by Gasteiger charge is -2.04. The van der Waals surface area contributed by atoms with Crippen molar-refractivity contribution in [1.29, 1.82) is 0 Å². The highest BCUT2D eigenvalue weighted by atomic mass is 32.2. The Hall–Kier alpha value is -2.93. The van der Waals surface area contributed by atoms with Gasteiger partial charge in [0.1, 0.15) is 11.3 Å². The molecule has 0 saturated carbocycles. The van der Waals surface area contributed by atoms with Crippen LogP contribution in [0, 0.1) is 6.92 Å². The maximum atomic E-state index is 12.1. The zero-order valence-corrected chi connectivity index (χ0v) is 15.1. The first-order chi connectivity index (χ1) is 12.3. The first-order valence-electron chi connectivity index (χ1n) is 7.95. The molecule has 26 heavy (non-hydrogen) atoms. The molecule has 1 N–H and O–H groups in total. The summed E-state index contributed by atoms with van der Waals surface area (Å²) in [6.07, 6.45) is 1.21. The third-order valence-corrected chi connectivity index (χ3v) is 5.68. The van der Waals surface area contributed by atoms with Crippen LogP contribution >= 0.6 is 0 Å². The molecule has 134 valence electrons. The molecule has 6 nitrogen and oxygen atoms in total. The molecule has 0 amide bonds. The zero-order chi connectivity index (χ0) is 18.9. The number of sulfone groups is 1. The van der Waals surface area contributed by atoms with Gasteiger partial charge in [-0.15, -0.1) is 0 Å². The molecule has 0 radical (unpaired) electrons. The Bertz CT molecular complexity index is 1160. The Morgan fingerprint density at radius 3 is 2.54 bits per heavy atom. The van der Waals surface area contributed by atoms with Crippen molar-refractivity contribution in [1.82, 2.24) is 4.98 Å². The fraction of sp³-hybridized carbons (Fsp3) is 0.158. The molecule has 3 rings (SSSR count). The van der Waals surface area contributed by atoms with E-state index in [1.807, 2.05) is 19.1 Å². The maximum absolute atomic E-state index is 12.1. The van der Waals surface area contributed by atoms with E-state index in [1.165, 1.54) is 24.3 Å². The van der Waals surface area contributed by atoms with Crippen LogP contribution < -0.4 is 5.63 Å². The maximum Gasteiger partial charge on any atom is 0.362 e. The molecule has 0 saturated heterocycles. The van der Waals surface area contributed by atoms with Crippen molar-refractivity contribution in [3.05, 3.63) is 69.7 Å². The van der Waals surface area contributed by atoms with E-state index in [0.29, 0.717) is 5.56 Å². The van der Waals surface area contributed by atoms with Crippen molar-refractivity contribution in [3.63, 3.8) is 0 Å². The standard InChI is InChI=1S/C19H17NO5S/c1-3-26(23,24)14-8-9-18-15(10-14)20-16(19(22)25-18)11-17(21)13-6-4-12(2)5-7-13/h4-11,21H,3H2,1-2H3. The molecule has 7 heteroatoms. The molecule has 0 spiro atoms.